The fourth-order valence-electron chi connectivity index (χ4n) is 2.95. The molecule has 1 saturated carbocycles. The molecule has 0 radical (unpaired) electrons. The van der Waals surface area contributed by atoms with E-state index >= 15 is 0 Å². The standard InChI is InChI=1S/C12H24N2/c1-10-7-8-13-12(10)9-14(2)11-5-3-4-6-11/h10-13H,3-9H2,1-2H3. The van der Waals surface area contributed by atoms with Crippen LogP contribution >= 0.6 is 0 Å². The van der Waals surface area contributed by atoms with Crippen LogP contribution < -0.4 is 5.32 Å². The van der Waals surface area contributed by atoms with Gasteiger partial charge in [-0.2, -0.15) is 0 Å². The molecule has 2 fully saturated rings. The molecule has 82 valence electrons. The lowest BCUT2D eigenvalue weighted by molar-refractivity contribution is 0.212. The Balaban J connectivity index is 1.78. The smallest absolute Gasteiger partial charge is 0.0221 e. The van der Waals surface area contributed by atoms with Crippen molar-refractivity contribution in [3.8, 4) is 0 Å². The summed E-state index contributed by atoms with van der Waals surface area (Å²) in [4.78, 5) is 2.59. The first-order chi connectivity index (χ1) is 6.77. The maximum absolute atomic E-state index is 3.62. The summed E-state index contributed by atoms with van der Waals surface area (Å²) in [5, 5.41) is 3.62. The van der Waals surface area contributed by atoms with Gasteiger partial charge in [-0.1, -0.05) is 19.8 Å². The van der Waals surface area contributed by atoms with Gasteiger partial charge in [0.25, 0.3) is 0 Å². The van der Waals surface area contributed by atoms with E-state index in [2.05, 4.69) is 24.2 Å². The second-order valence-electron chi connectivity index (χ2n) is 5.20. The van der Waals surface area contributed by atoms with Crippen LogP contribution in [0.5, 0.6) is 0 Å². The molecule has 14 heavy (non-hydrogen) atoms. The normalized spacial score (nSPS) is 34.5. The number of hydrogen-bond donors (Lipinski definition) is 1. The lowest BCUT2D eigenvalue weighted by Gasteiger charge is -2.28. The van der Waals surface area contributed by atoms with E-state index in [0.29, 0.717) is 0 Å². The molecule has 1 aliphatic heterocycles. The Kier molecular flexibility index (Phi) is 3.45. The zero-order valence-electron chi connectivity index (χ0n) is 9.63. The molecule has 0 aromatic carbocycles. The molecule has 0 amide bonds. The quantitative estimate of drug-likeness (QED) is 0.741. The second-order valence-corrected chi connectivity index (χ2v) is 5.20. The Morgan fingerprint density at radius 3 is 2.50 bits per heavy atom. The Labute approximate surface area is 88.1 Å². The first-order valence-electron chi connectivity index (χ1n) is 6.21. The van der Waals surface area contributed by atoms with Crippen LogP contribution in [-0.2, 0) is 0 Å². The van der Waals surface area contributed by atoms with Gasteiger partial charge >= 0.3 is 0 Å². The van der Waals surface area contributed by atoms with Crippen molar-refractivity contribution in [2.24, 2.45) is 5.92 Å². The van der Waals surface area contributed by atoms with E-state index in [-0.39, 0.29) is 0 Å². The summed E-state index contributed by atoms with van der Waals surface area (Å²) in [6.07, 6.45) is 7.11. The van der Waals surface area contributed by atoms with Crippen LogP contribution in [0.25, 0.3) is 0 Å². The molecule has 2 atom stereocenters. The van der Waals surface area contributed by atoms with Crippen LogP contribution in [0.3, 0.4) is 0 Å². The minimum absolute atomic E-state index is 0.751. The molecule has 2 nitrogen and oxygen atoms in total. The van der Waals surface area contributed by atoms with Crippen LogP contribution in [0, 0.1) is 5.92 Å². The van der Waals surface area contributed by atoms with Gasteiger partial charge in [0.1, 0.15) is 0 Å². The topological polar surface area (TPSA) is 15.3 Å². The summed E-state index contributed by atoms with van der Waals surface area (Å²) >= 11 is 0. The van der Waals surface area contributed by atoms with Crippen LogP contribution in [0.2, 0.25) is 0 Å². The highest BCUT2D eigenvalue weighted by atomic mass is 15.2. The molecule has 1 N–H and O–H groups in total. The number of likely N-dealkylation sites (N-methyl/N-ethyl adjacent to an activating group) is 1. The van der Waals surface area contributed by atoms with E-state index in [1.54, 1.807) is 0 Å². The molecule has 0 aromatic heterocycles. The summed E-state index contributed by atoms with van der Waals surface area (Å²) < 4.78 is 0. The molecule has 1 saturated heterocycles. The predicted molar refractivity (Wildman–Crippen MR) is 60.5 cm³/mol. The fraction of sp³-hybridized carbons (Fsp3) is 1.00. The minimum Gasteiger partial charge on any atom is -0.312 e. The third-order valence-electron chi connectivity index (χ3n) is 4.13. The van der Waals surface area contributed by atoms with Crippen LogP contribution in [0.4, 0.5) is 0 Å². The maximum atomic E-state index is 3.62. The summed E-state index contributed by atoms with van der Waals surface area (Å²) in [6.45, 7) is 4.86. The molecule has 1 heterocycles. The monoisotopic (exact) mass is 196 g/mol. The third-order valence-corrected chi connectivity index (χ3v) is 4.13. The summed E-state index contributed by atoms with van der Waals surface area (Å²) in [5.74, 6) is 0.874. The van der Waals surface area contributed by atoms with Gasteiger partial charge in [0.05, 0.1) is 0 Å². The van der Waals surface area contributed by atoms with Crippen molar-refractivity contribution < 1.29 is 0 Å². The van der Waals surface area contributed by atoms with Gasteiger partial charge in [0.15, 0.2) is 0 Å². The molecular weight excluding hydrogens is 172 g/mol. The van der Waals surface area contributed by atoms with E-state index in [1.165, 1.54) is 45.2 Å². The highest BCUT2D eigenvalue weighted by molar-refractivity contribution is 4.85. The Bertz CT molecular complexity index is 175. The second kappa shape index (κ2) is 4.63. The van der Waals surface area contributed by atoms with E-state index in [9.17, 15) is 0 Å². The van der Waals surface area contributed by atoms with Crippen molar-refractivity contribution in [3.05, 3.63) is 0 Å². The average Bonchev–Trinajstić information content (AvgIpc) is 2.77. The van der Waals surface area contributed by atoms with E-state index < -0.39 is 0 Å². The van der Waals surface area contributed by atoms with Gasteiger partial charge in [0.2, 0.25) is 0 Å². The molecule has 2 heteroatoms. The first kappa shape index (κ1) is 10.4. The van der Waals surface area contributed by atoms with Gasteiger partial charge in [0, 0.05) is 18.6 Å². The highest BCUT2D eigenvalue weighted by Crippen LogP contribution is 2.24. The van der Waals surface area contributed by atoms with Gasteiger partial charge in [-0.25, -0.2) is 0 Å². The number of hydrogen-bond acceptors (Lipinski definition) is 2. The first-order valence-corrected chi connectivity index (χ1v) is 6.21. The SMILES string of the molecule is CC1CCNC1CN(C)C1CCCC1. The number of nitrogens with zero attached hydrogens (tertiary/aromatic N) is 1. The van der Waals surface area contributed by atoms with Crippen molar-refractivity contribution >= 4 is 0 Å². The summed E-state index contributed by atoms with van der Waals surface area (Å²) in [6, 6.07) is 1.63. The Morgan fingerprint density at radius 1 is 1.21 bits per heavy atom. The minimum atomic E-state index is 0.751. The molecule has 1 aliphatic carbocycles. The fourth-order valence-corrected chi connectivity index (χ4v) is 2.95. The van der Waals surface area contributed by atoms with Gasteiger partial charge in [-0.15, -0.1) is 0 Å². The van der Waals surface area contributed by atoms with Crippen molar-refractivity contribution in [1.29, 1.82) is 0 Å². The molecule has 0 aromatic rings. The van der Waals surface area contributed by atoms with E-state index in [1.807, 2.05) is 0 Å². The molecule has 0 spiro atoms. The number of nitrogens with one attached hydrogen (secondary N) is 1. The zero-order valence-corrected chi connectivity index (χ0v) is 9.63. The predicted octanol–water partition coefficient (Wildman–Crippen LogP) is 1.86. The lowest BCUT2D eigenvalue weighted by atomic mass is 10.0. The lowest BCUT2D eigenvalue weighted by Crippen LogP contribution is -2.42. The third kappa shape index (κ3) is 2.29. The largest absolute Gasteiger partial charge is 0.312 e. The van der Waals surface area contributed by atoms with Crippen LogP contribution in [-0.4, -0.2) is 37.1 Å². The highest BCUT2D eigenvalue weighted by Gasteiger charge is 2.27. The van der Waals surface area contributed by atoms with Gasteiger partial charge < -0.3 is 10.2 Å². The molecular formula is C12H24N2. The van der Waals surface area contributed by atoms with Crippen molar-refractivity contribution in [2.75, 3.05) is 20.1 Å². The van der Waals surface area contributed by atoms with Gasteiger partial charge in [-0.05, 0) is 38.8 Å². The molecule has 0 bridgehead atoms. The van der Waals surface area contributed by atoms with Crippen LogP contribution in [0.1, 0.15) is 39.0 Å². The van der Waals surface area contributed by atoms with Crippen molar-refractivity contribution in [1.82, 2.24) is 10.2 Å². The Hall–Kier alpha value is -0.0800. The molecule has 2 aliphatic rings. The van der Waals surface area contributed by atoms with Crippen molar-refractivity contribution in [3.63, 3.8) is 0 Å². The van der Waals surface area contributed by atoms with E-state index in [4.69, 9.17) is 0 Å². The maximum Gasteiger partial charge on any atom is 0.0221 e. The summed E-state index contributed by atoms with van der Waals surface area (Å²) in [7, 11) is 2.31. The molecule has 2 unspecified atom stereocenters. The average molecular weight is 196 g/mol. The summed E-state index contributed by atoms with van der Waals surface area (Å²) in [5.41, 5.74) is 0. The van der Waals surface area contributed by atoms with E-state index in [0.717, 1.165) is 18.0 Å². The zero-order chi connectivity index (χ0) is 9.97. The Morgan fingerprint density at radius 2 is 1.93 bits per heavy atom. The van der Waals surface area contributed by atoms with Crippen LogP contribution in [0.15, 0.2) is 0 Å². The molecule has 2 rings (SSSR count). The van der Waals surface area contributed by atoms with Crippen molar-refractivity contribution in [2.45, 2.75) is 51.1 Å². The number of rotatable bonds is 3. The van der Waals surface area contributed by atoms with Gasteiger partial charge in [-0.3, -0.25) is 0 Å².